The van der Waals surface area contributed by atoms with Gasteiger partial charge in [-0.05, 0) is 47.9 Å². The normalized spacial score (nSPS) is 11.3. The number of benzene rings is 3. The molecule has 15 heteroatoms. The molecule has 2 amide bonds. The van der Waals surface area contributed by atoms with Crippen LogP contribution in [0.3, 0.4) is 0 Å². The number of fused-ring (bicyclic) bond motifs is 1. The van der Waals surface area contributed by atoms with Crippen LogP contribution in [0, 0.1) is 0 Å². The first-order chi connectivity index (χ1) is 16.0. The Balaban J connectivity index is 0.000000328. The van der Waals surface area contributed by atoms with Gasteiger partial charge < -0.3 is 27.2 Å². The number of carbonyl (C=O) groups excluding carboxylic acids is 2. The number of nitrogen functional groups attached to an aromatic ring is 2. The van der Waals surface area contributed by atoms with Gasteiger partial charge in [0.2, 0.25) is 11.8 Å². The standard InChI is InChI=1S/C12H12N2O8S2.C8H10N2O/c1-5(15)14-8-4-7(23(17,18)19)2-6-3-9(24(20,21)22)11(13)12(16)10(6)8;1-6(11)10-8-4-2-7(9)3-5-8/h2-4,16H,13H2,1H3,(H,14,15)(H,17,18,19)(H,20,21,22);2-5H,9H2,1H3,(H,10,11). The molecule has 0 bridgehead atoms. The number of aromatic hydroxyl groups is 1. The van der Waals surface area contributed by atoms with Gasteiger partial charge in [0.1, 0.15) is 10.6 Å². The van der Waals surface area contributed by atoms with Crippen LogP contribution in [0.1, 0.15) is 13.8 Å². The van der Waals surface area contributed by atoms with Crippen LogP contribution in [-0.2, 0) is 29.8 Å². The number of phenolic OH excluding ortho intramolecular Hbond substituents is 1. The zero-order valence-corrected chi connectivity index (χ0v) is 19.9. The van der Waals surface area contributed by atoms with Crippen molar-refractivity contribution in [1.82, 2.24) is 0 Å². The molecule has 0 atom stereocenters. The number of rotatable bonds is 4. The Bertz CT molecular complexity index is 1520. The van der Waals surface area contributed by atoms with Crippen molar-refractivity contribution in [1.29, 1.82) is 0 Å². The maximum Gasteiger partial charge on any atom is 0.296 e. The van der Waals surface area contributed by atoms with E-state index in [1.54, 1.807) is 24.3 Å². The van der Waals surface area contributed by atoms with E-state index in [4.69, 9.17) is 20.6 Å². The number of hydrogen-bond acceptors (Lipinski definition) is 9. The zero-order valence-electron chi connectivity index (χ0n) is 18.3. The fourth-order valence-corrected chi connectivity index (χ4v) is 4.10. The highest BCUT2D eigenvalue weighted by Gasteiger charge is 2.23. The number of hydrogen-bond donors (Lipinski definition) is 7. The molecule has 0 aliphatic heterocycles. The molecule has 0 radical (unpaired) electrons. The molecular weight excluding hydrogens is 504 g/mol. The van der Waals surface area contributed by atoms with Crippen molar-refractivity contribution >= 4 is 65.6 Å². The van der Waals surface area contributed by atoms with E-state index in [0.29, 0.717) is 5.69 Å². The second-order valence-corrected chi connectivity index (χ2v) is 9.95. The predicted molar refractivity (Wildman–Crippen MR) is 129 cm³/mol. The largest absolute Gasteiger partial charge is 0.505 e. The lowest BCUT2D eigenvalue weighted by molar-refractivity contribution is -0.115. The van der Waals surface area contributed by atoms with E-state index in [1.165, 1.54) is 6.92 Å². The molecule has 0 saturated carbocycles. The lowest BCUT2D eigenvalue weighted by Crippen LogP contribution is -2.09. The van der Waals surface area contributed by atoms with Crippen LogP contribution in [0.2, 0.25) is 0 Å². The first-order valence-electron chi connectivity index (χ1n) is 9.45. The van der Waals surface area contributed by atoms with Crippen molar-refractivity contribution in [2.24, 2.45) is 0 Å². The summed E-state index contributed by atoms with van der Waals surface area (Å²) in [4.78, 5) is 20.3. The minimum atomic E-state index is -4.82. The second kappa shape index (κ2) is 10.1. The summed E-state index contributed by atoms with van der Waals surface area (Å²) in [6.07, 6.45) is 0. The van der Waals surface area contributed by atoms with Gasteiger partial charge in [0.25, 0.3) is 20.2 Å². The van der Waals surface area contributed by atoms with Crippen LogP contribution in [-0.4, -0.2) is 42.9 Å². The molecule has 0 heterocycles. The number of anilines is 4. The molecule has 188 valence electrons. The van der Waals surface area contributed by atoms with Crippen molar-refractivity contribution in [3.8, 4) is 5.75 Å². The summed E-state index contributed by atoms with van der Waals surface area (Å²) >= 11 is 0. The first kappa shape index (κ1) is 27.3. The number of phenols is 1. The molecule has 3 aromatic rings. The van der Waals surface area contributed by atoms with Crippen molar-refractivity contribution in [3.63, 3.8) is 0 Å². The molecule has 13 nitrogen and oxygen atoms in total. The summed E-state index contributed by atoms with van der Waals surface area (Å²) in [6.45, 7) is 2.58. The van der Waals surface area contributed by atoms with Gasteiger partial charge in [-0.2, -0.15) is 16.8 Å². The van der Waals surface area contributed by atoms with Gasteiger partial charge in [-0.25, -0.2) is 0 Å². The third kappa shape index (κ3) is 7.03. The summed E-state index contributed by atoms with van der Waals surface area (Å²) in [5.74, 6) is -1.49. The molecule has 0 fully saturated rings. The van der Waals surface area contributed by atoms with Gasteiger partial charge in [-0.15, -0.1) is 0 Å². The Kier molecular flexibility index (Phi) is 7.92. The van der Waals surface area contributed by atoms with E-state index in [-0.39, 0.29) is 22.4 Å². The summed E-state index contributed by atoms with van der Waals surface area (Å²) in [7, 11) is -9.52. The van der Waals surface area contributed by atoms with E-state index in [0.717, 1.165) is 30.8 Å². The number of amides is 2. The summed E-state index contributed by atoms with van der Waals surface area (Å²) in [5.41, 5.74) is 11.5. The zero-order chi connectivity index (χ0) is 26.7. The molecular formula is C20H22N4O9S2. The van der Waals surface area contributed by atoms with Crippen LogP contribution >= 0.6 is 0 Å². The molecule has 0 aliphatic carbocycles. The lowest BCUT2D eigenvalue weighted by Gasteiger charge is -2.14. The summed E-state index contributed by atoms with van der Waals surface area (Å²) < 4.78 is 63.6. The van der Waals surface area contributed by atoms with Gasteiger partial charge in [-0.1, -0.05) is 0 Å². The predicted octanol–water partition coefficient (Wildman–Crippen LogP) is 1.81. The SMILES string of the molecule is CC(=O)Nc1cc(S(=O)(=O)O)cc2cc(S(=O)(=O)O)c(N)c(O)c12.CC(=O)Nc1ccc(N)cc1. The fourth-order valence-electron chi connectivity index (χ4n) is 2.91. The van der Waals surface area contributed by atoms with Crippen LogP contribution < -0.4 is 22.1 Å². The third-order valence-electron chi connectivity index (χ3n) is 4.30. The van der Waals surface area contributed by atoms with E-state index in [2.05, 4.69) is 10.6 Å². The molecule has 0 saturated heterocycles. The van der Waals surface area contributed by atoms with Crippen LogP contribution in [0.15, 0.2) is 52.3 Å². The topological polar surface area (TPSA) is 239 Å². The fraction of sp³-hybridized carbons (Fsp3) is 0.100. The molecule has 0 aliphatic rings. The monoisotopic (exact) mass is 526 g/mol. The van der Waals surface area contributed by atoms with E-state index in [1.807, 2.05) is 0 Å². The minimum Gasteiger partial charge on any atom is -0.505 e. The Hall–Kier alpha value is -3.92. The van der Waals surface area contributed by atoms with Gasteiger partial charge in [0, 0.05) is 30.6 Å². The van der Waals surface area contributed by atoms with Crippen molar-refractivity contribution in [3.05, 3.63) is 42.5 Å². The van der Waals surface area contributed by atoms with Crippen molar-refractivity contribution in [2.75, 3.05) is 22.1 Å². The number of nitrogens with two attached hydrogens (primary N) is 2. The van der Waals surface area contributed by atoms with Crippen LogP contribution in [0.5, 0.6) is 5.75 Å². The maximum absolute atomic E-state index is 11.3. The van der Waals surface area contributed by atoms with E-state index < -0.39 is 47.4 Å². The van der Waals surface area contributed by atoms with Gasteiger partial charge in [0.05, 0.1) is 16.3 Å². The molecule has 3 rings (SSSR count). The molecule has 35 heavy (non-hydrogen) atoms. The van der Waals surface area contributed by atoms with Gasteiger partial charge >= 0.3 is 0 Å². The van der Waals surface area contributed by atoms with Crippen LogP contribution in [0.4, 0.5) is 22.7 Å². The highest BCUT2D eigenvalue weighted by atomic mass is 32.2. The average Bonchev–Trinajstić information content (AvgIpc) is 2.70. The Morgan fingerprint density at radius 2 is 1.37 bits per heavy atom. The molecule has 3 aromatic carbocycles. The van der Waals surface area contributed by atoms with Crippen LogP contribution in [0.25, 0.3) is 10.8 Å². The maximum atomic E-state index is 11.3. The quantitative estimate of drug-likeness (QED) is 0.147. The average molecular weight is 527 g/mol. The number of nitrogens with one attached hydrogen (secondary N) is 2. The smallest absolute Gasteiger partial charge is 0.296 e. The Labute approximate surface area is 200 Å². The highest BCUT2D eigenvalue weighted by Crippen LogP contribution is 2.41. The van der Waals surface area contributed by atoms with Gasteiger partial charge in [-0.3, -0.25) is 18.7 Å². The van der Waals surface area contributed by atoms with Crippen molar-refractivity contribution < 1.29 is 40.6 Å². The van der Waals surface area contributed by atoms with Crippen molar-refractivity contribution in [2.45, 2.75) is 23.6 Å². The van der Waals surface area contributed by atoms with Gasteiger partial charge in [0.15, 0.2) is 0 Å². The first-order valence-corrected chi connectivity index (χ1v) is 12.3. The summed E-state index contributed by atoms with van der Waals surface area (Å²) in [5, 5.41) is 14.6. The molecule has 9 N–H and O–H groups in total. The lowest BCUT2D eigenvalue weighted by atomic mass is 10.1. The highest BCUT2D eigenvalue weighted by molar-refractivity contribution is 7.86. The molecule has 0 spiro atoms. The Morgan fingerprint density at radius 1 is 0.829 bits per heavy atom. The second-order valence-electron chi connectivity index (χ2n) is 7.14. The number of carbonyl (C=O) groups is 2. The third-order valence-corrected chi connectivity index (χ3v) is 6.03. The Morgan fingerprint density at radius 3 is 1.83 bits per heavy atom. The minimum absolute atomic E-state index is 0.0743. The van der Waals surface area contributed by atoms with E-state index >= 15 is 0 Å². The molecule has 0 aromatic heterocycles. The summed E-state index contributed by atoms with van der Waals surface area (Å²) in [6, 6.07) is 9.53. The molecule has 0 unspecified atom stereocenters. The van der Waals surface area contributed by atoms with E-state index in [9.17, 15) is 31.5 Å².